The molecule has 3 nitrogen and oxygen atoms in total. The maximum Gasteiger partial charge on any atom is 0.141 e. The van der Waals surface area contributed by atoms with Crippen LogP contribution in [0, 0.1) is 12.3 Å². The van der Waals surface area contributed by atoms with Gasteiger partial charge in [0.2, 0.25) is 0 Å². The van der Waals surface area contributed by atoms with Crippen LogP contribution < -0.4 is 5.32 Å². The van der Waals surface area contributed by atoms with Crippen molar-refractivity contribution >= 4 is 0 Å². The van der Waals surface area contributed by atoms with E-state index >= 15 is 0 Å². The third kappa shape index (κ3) is 3.68. The first-order chi connectivity index (χ1) is 6.33. The Morgan fingerprint density at radius 2 is 2.23 bits per heavy atom. The second-order valence-corrected chi connectivity index (χ2v) is 2.86. The van der Waals surface area contributed by atoms with Gasteiger partial charge in [-0.25, -0.2) is 9.97 Å². The summed E-state index contributed by atoms with van der Waals surface area (Å²) in [5, 5.41) is 3.23. The molecule has 1 atom stereocenters. The standard InChI is InChI=1S/C10H13N3/c1-3-5-9(2)13-8-10-11-6-4-7-12-10/h1,4,6-7,9,13H,5,8H2,2H3. The summed E-state index contributed by atoms with van der Waals surface area (Å²) >= 11 is 0. The van der Waals surface area contributed by atoms with Gasteiger partial charge < -0.3 is 5.32 Å². The van der Waals surface area contributed by atoms with E-state index < -0.39 is 0 Å². The molecular formula is C10H13N3. The van der Waals surface area contributed by atoms with Gasteiger partial charge in [0, 0.05) is 24.9 Å². The molecule has 0 amide bonds. The molecule has 1 heterocycles. The van der Waals surface area contributed by atoms with E-state index in [4.69, 9.17) is 6.42 Å². The Bertz CT molecular complexity index is 276. The van der Waals surface area contributed by atoms with Crippen molar-refractivity contribution < 1.29 is 0 Å². The van der Waals surface area contributed by atoms with Crippen LogP contribution >= 0.6 is 0 Å². The SMILES string of the molecule is C#CCC(C)NCc1ncccn1. The zero-order valence-corrected chi connectivity index (χ0v) is 7.70. The number of aromatic nitrogens is 2. The van der Waals surface area contributed by atoms with Crippen molar-refractivity contribution in [3.05, 3.63) is 24.3 Å². The quantitative estimate of drug-likeness (QED) is 0.693. The molecule has 3 heteroatoms. The highest BCUT2D eigenvalue weighted by Gasteiger charge is 1.99. The highest BCUT2D eigenvalue weighted by Crippen LogP contribution is 1.91. The van der Waals surface area contributed by atoms with Gasteiger partial charge >= 0.3 is 0 Å². The van der Waals surface area contributed by atoms with Crippen LogP contribution in [-0.4, -0.2) is 16.0 Å². The minimum absolute atomic E-state index is 0.314. The van der Waals surface area contributed by atoms with Crippen LogP contribution in [0.4, 0.5) is 0 Å². The van der Waals surface area contributed by atoms with E-state index in [9.17, 15) is 0 Å². The summed E-state index contributed by atoms with van der Waals surface area (Å²) in [6, 6.07) is 2.11. The summed E-state index contributed by atoms with van der Waals surface area (Å²) < 4.78 is 0. The summed E-state index contributed by atoms with van der Waals surface area (Å²) in [5.74, 6) is 3.40. The van der Waals surface area contributed by atoms with Crippen LogP contribution in [0.2, 0.25) is 0 Å². The number of hydrogen-bond donors (Lipinski definition) is 1. The Labute approximate surface area is 78.6 Å². The summed E-state index contributed by atoms with van der Waals surface area (Å²) in [4.78, 5) is 8.17. The highest BCUT2D eigenvalue weighted by molar-refractivity contribution is 4.91. The molecule has 1 N–H and O–H groups in total. The van der Waals surface area contributed by atoms with Crippen LogP contribution in [0.25, 0.3) is 0 Å². The maximum absolute atomic E-state index is 5.18. The van der Waals surface area contributed by atoms with Crippen molar-refractivity contribution in [1.29, 1.82) is 0 Å². The molecule has 0 aliphatic heterocycles. The molecule has 1 rings (SSSR count). The fourth-order valence-corrected chi connectivity index (χ4v) is 0.936. The molecule has 1 aromatic rings. The highest BCUT2D eigenvalue weighted by atomic mass is 15.0. The van der Waals surface area contributed by atoms with Gasteiger partial charge in [-0.1, -0.05) is 0 Å². The lowest BCUT2D eigenvalue weighted by Crippen LogP contribution is -2.25. The van der Waals surface area contributed by atoms with Crippen molar-refractivity contribution in [2.75, 3.05) is 0 Å². The first kappa shape index (κ1) is 9.69. The maximum atomic E-state index is 5.18. The third-order valence-corrected chi connectivity index (χ3v) is 1.65. The molecule has 0 saturated carbocycles. The summed E-state index contributed by atoms with van der Waals surface area (Å²) in [5.41, 5.74) is 0. The van der Waals surface area contributed by atoms with E-state index in [0.717, 1.165) is 12.2 Å². The molecule has 68 valence electrons. The largest absolute Gasteiger partial charge is 0.306 e. The van der Waals surface area contributed by atoms with Crippen molar-refractivity contribution in [2.45, 2.75) is 25.9 Å². The Balaban J connectivity index is 2.32. The molecule has 0 aliphatic carbocycles. The van der Waals surface area contributed by atoms with E-state index in [-0.39, 0.29) is 0 Å². The van der Waals surface area contributed by atoms with Gasteiger partial charge in [-0.2, -0.15) is 0 Å². The summed E-state index contributed by atoms with van der Waals surface area (Å²) in [6.45, 7) is 2.71. The lowest BCUT2D eigenvalue weighted by molar-refractivity contribution is 0.546. The molecule has 0 spiro atoms. The fourth-order valence-electron chi connectivity index (χ4n) is 0.936. The predicted octanol–water partition coefficient (Wildman–Crippen LogP) is 0.978. The van der Waals surface area contributed by atoms with Gasteiger partial charge in [-0.15, -0.1) is 12.3 Å². The number of nitrogens with one attached hydrogen (secondary N) is 1. The van der Waals surface area contributed by atoms with Crippen LogP contribution in [0.1, 0.15) is 19.2 Å². The van der Waals surface area contributed by atoms with Crippen molar-refractivity contribution in [3.8, 4) is 12.3 Å². The summed E-state index contributed by atoms with van der Waals surface area (Å²) in [7, 11) is 0. The number of rotatable bonds is 4. The average Bonchev–Trinajstić information content (AvgIpc) is 2.17. The van der Waals surface area contributed by atoms with Crippen molar-refractivity contribution in [2.24, 2.45) is 0 Å². The first-order valence-corrected chi connectivity index (χ1v) is 4.25. The smallest absolute Gasteiger partial charge is 0.141 e. The fraction of sp³-hybridized carbons (Fsp3) is 0.400. The van der Waals surface area contributed by atoms with Gasteiger partial charge in [0.25, 0.3) is 0 Å². The molecule has 13 heavy (non-hydrogen) atoms. The number of nitrogens with zero attached hydrogens (tertiary/aromatic N) is 2. The normalized spacial score (nSPS) is 12.0. The average molecular weight is 175 g/mol. The Hall–Kier alpha value is -1.40. The van der Waals surface area contributed by atoms with Crippen molar-refractivity contribution in [1.82, 2.24) is 15.3 Å². The molecule has 0 bridgehead atoms. The first-order valence-electron chi connectivity index (χ1n) is 4.25. The molecule has 0 aliphatic rings. The lowest BCUT2D eigenvalue weighted by Gasteiger charge is -2.08. The summed E-state index contributed by atoms with van der Waals surface area (Å²) in [6.07, 6.45) is 9.37. The van der Waals surface area contributed by atoms with Gasteiger partial charge in [0.15, 0.2) is 0 Å². The Kier molecular flexibility index (Phi) is 3.94. The minimum Gasteiger partial charge on any atom is -0.306 e. The molecule has 0 radical (unpaired) electrons. The molecular weight excluding hydrogens is 162 g/mol. The monoisotopic (exact) mass is 175 g/mol. The van der Waals surface area contributed by atoms with Crippen LogP contribution in [0.5, 0.6) is 0 Å². The molecule has 1 unspecified atom stereocenters. The van der Waals surface area contributed by atoms with Crippen LogP contribution in [0.15, 0.2) is 18.5 Å². The van der Waals surface area contributed by atoms with Gasteiger partial charge in [-0.3, -0.25) is 0 Å². The Morgan fingerprint density at radius 3 is 2.85 bits per heavy atom. The van der Waals surface area contributed by atoms with E-state index in [1.807, 2.05) is 6.92 Å². The van der Waals surface area contributed by atoms with Gasteiger partial charge in [0.05, 0.1) is 6.54 Å². The second kappa shape index (κ2) is 5.28. The predicted molar refractivity (Wildman–Crippen MR) is 51.8 cm³/mol. The Morgan fingerprint density at radius 1 is 1.54 bits per heavy atom. The van der Waals surface area contributed by atoms with Gasteiger partial charge in [0.1, 0.15) is 5.82 Å². The molecule has 1 aromatic heterocycles. The third-order valence-electron chi connectivity index (χ3n) is 1.65. The second-order valence-electron chi connectivity index (χ2n) is 2.86. The molecule has 0 fully saturated rings. The zero-order valence-electron chi connectivity index (χ0n) is 7.70. The zero-order chi connectivity index (χ0) is 9.52. The van der Waals surface area contributed by atoms with Crippen molar-refractivity contribution in [3.63, 3.8) is 0 Å². The molecule has 0 saturated heterocycles. The van der Waals surface area contributed by atoms with Crippen LogP contribution in [0.3, 0.4) is 0 Å². The van der Waals surface area contributed by atoms with E-state index in [1.165, 1.54) is 0 Å². The van der Waals surface area contributed by atoms with E-state index in [1.54, 1.807) is 18.5 Å². The van der Waals surface area contributed by atoms with E-state index in [0.29, 0.717) is 12.6 Å². The molecule has 0 aromatic carbocycles. The lowest BCUT2D eigenvalue weighted by atomic mass is 10.2. The topological polar surface area (TPSA) is 37.8 Å². The number of terminal acetylenes is 1. The minimum atomic E-state index is 0.314. The van der Waals surface area contributed by atoms with Crippen LogP contribution in [-0.2, 0) is 6.54 Å². The number of hydrogen-bond acceptors (Lipinski definition) is 3. The van der Waals surface area contributed by atoms with E-state index in [2.05, 4.69) is 21.2 Å². The van der Waals surface area contributed by atoms with Gasteiger partial charge in [-0.05, 0) is 13.0 Å².